The summed E-state index contributed by atoms with van der Waals surface area (Å²) in [6.45, 7) is 2.22. The fraction of sp³-hybridized carbons (Fsp3) is 0.0323. The molecule has 0 spiro atoms. The molecule has 2 nitrogen and oxygen atoms in total. The quantitative estimate of drug-likeness (QED) is 0.276. The molecule has 0 aliphatic rings. The van der Waals surface area contributed by atoms with Crippen molar-refractivity contribution in [3.05, 3.63) is 109 Å². The van der Waals surface area contributed by atoms with E-state index < -0.39 is 0 Å². The number of para-hydroxylation sites is 2. The molecule has 0 atom stereocenters. The van der Waals surface area contributed by atoms with Crippen LogP contribution in [-0.2, 0) is 0 Å². The molecule has 33 heavy (non-hydrogen) atoms. The SMILES string of the molecule is Cc1c(-c2cccc3oc4ccccc4c23)cccc1-c1cccc2oc3ccccc3c12. The van der Waals surface area contributed by atoms with E-state index in [1.54, 1.807) is 0 Å². The normalized spacial score (nSPS) is 11.8. The molecule has 0 radical (unpaired) electrons. The van der Waals surface area contributed by atoms with Gasteiger partial charge in [-0.15, -0.1) is 0 Å². The molecule has 0 saturated carbocycles. The van der Waals surface area contributed by atoms with E-state index in [0.717, 1.165) is 33.1 Å². The lowest BCUT2D eigenvalue weighted by molar-refractivity contribution is 0.668. The zero-order chi connectivity index (χ0) is 21.9. The van der Waals surface area contributed by atoms with Gasteiger partial charge in [-0.05, 0) is 59.0 Å². The molecule has 0 unspecified atom stereocenters. The zero-order valence-corrected chi connectivity index (χ0v) is 18.1. The Hall–Kier alpha value is -4.30. The maximum Gasteiger partial charge on any atom is 0.136 e. The van der Waals surface area contributed by atoms with Crippen LogP contribution >= 0.6 is 0 Å². The van der Waals surface area contributed by atoms with E-state index in [4.69, 9.17) is 8.83 Å². The molecule has 0 bridgehead atoms. The van der Waals surface area contributed by atoms with Crippen LogP contribution in [0.25, 0.3) is 66.1 Å². The first kappa shape index (κ1) is 18.3. The van der Waals surface area contributed by atoms with Crippen molar-refractivity contribution in [3.8, 4) is 22.3 Å². The predicted molar refractivity (Wildman–Crippen MR) is 137 cm³/mol. The van der Waals surface area contributed by atoms with Gasteiger partial charge in [0.05, 0.1) is 0 Å². The van der Waals surface area contributed by atoms with Crippen molar-refractivity contribution in [2.45, 2.75) is 6.92 Å². The second-order valence-electron chi connectivity index (χ2n) is 8.53. The van der Waals surface area contributed by atoms with Crippen molar-refractivity contribution in [3.63, 3.8) is 0 Å². The Labute approximate surface area is 190 Å². The Bertz CT molecular complexity index is 1700. The lowest BCUT2D eigenvalue weighted by Crippen LogP contribution is -1.90. The van der Waals surface area contributed by atoms with E-state index in [2.05, 4.69) is 85.8 Å². The molecule has 5 aromatic carbocycles. The fourth-order valence-corrected chi connectivity index (χ4v) is 5.22. The van der Waals surface area contributed by atoms with Crippen LogP contribution in [0.1, 0.15) is 5.56 Å². The molecule has 2 heterocycles. The van der Waals surface area contributed by atoms with E-state index in [1.165, 1.54) is 38.6 Å². The summed E-state index contributed by atoms with van der Waals surface area (Å²) in [6.07, 6.45) is 0. The van der Waals surface area contributed by atoms with Gasteiger partial charge in [-0.2, -0.15) is 0 Å². The molecule has 0 amide bonds. The summed E-state index contributed by atoms with van der Waals surface area (Å²) in [4.78, 5) is 0. The maximum absolute atomic E-state index is 6.15. The van der Waals surface area contributed by atoms with Crippen molar-refractivity contribution < 1.29 is 8.83 Å². The molecule has 2 heteroatoms. The zero-order valence-electron chi connectivity index (χ0n) is 18.1. The van der Waals surface area contributed by atoms with Crippen LogP contribution in [-0.4, -0.2) is 0 Å². The van der Waals surface area contributed by atoms with Gasteiger partial charge in [-0.3, -0.25) is 0 Å². The van der Waals surface area contributed by atoms with Crippen LogP contribution in [0, 0.1) is 6.92 Å². The average Bonchev–Trinajstić information content (AvgIpc) is 3.42. The molecule has 0 saturated heterocycles. The van der Waals surface area contributed by atoms with Gasteiger partial charge in [-0.25, -0.2) is 0 Å². The summed E-state index contributed by atoms with van der Waals surface area (Å²) < 4.78 is 12.3. The smallest absolute Gasteiger partial charge is 0.136 e. The van der Waals surface area contributed by atoms with Crippen LogP contribution in [0.5, 0.6) is 0 Å². The Balaban J connectivity index is 1.53. The van der Waals surface area contributed by atoms with Crippen LogP contribution < -0.4 is 0 Å². The van der Waals surface area contributed by atoms with Crippen molar-refractivity contribution in [1.82, 2.24) is 0 Å². The summed E-state index contributed by atoms with van der Waals surface area (Å²) in [5.41, 5.74) is 9.74. The van der Waals surface area contributed by atoms with Gasteiger partial charge in [0.2, 0.25) is 0 Å². The Morgan fingerprint density at radius 2 is 0.788 bits per heavy atom. The Morgan fingerprint density at radius 1 is 0.394 bits per heavy atom. The van der Waals surface area contributed by atoms with Gasteiger partial charge < -0.3 is 8.83 Å². The minimum atomic E-state index is 0.918. The van der Waals surface area contributed by atoms with E-state index >= 15 is 0 Å². The molecule has 0 aliphatic heterocycles. The molecule has 2 aromatic heterocycles. The first-order chi connectivity index (χ1) is 16.3. The summed E-state index contributed by atoms with van der Waals surface area (Å²) in [5.74, 6) is 0. The lowest BCUT2D eigenvalue weighted by atomic mass is 9.89. The maximum atomic E-state index is 6.15. The number of furan rings is 2. The number of benzene rings is 5. The highest BCUT2D eigenvalue weighted by molar-refractivity contribution is 6.15. The van der Waals surface area contributed by atoms with E-state index in [1.807, 2.05) is 24.3 Å². The number of hydrogen-bond donors (Lipinski definition) is 0. The van der Waals surface area contributed by atoms with Crippen LogP contribution in [0.3, 0.4) is 0 Å². The third kappa shape index (κ3) is 2.61. The first-order valence-corrected chi connectivity index (χ1v) is 11.2. The molecule has 7 rings (SSSR count). The second kappa shape index (κ2) is 6.85. The molecule has 0 N–H and O–H groups in total. The predicted octanol–water partition coefficient (Wildman–Crippen LogP) is 9.13. The van der Waals surface area contributed by atoms with Gasteiger partial charge in [0.15, 0.2) is 0 Å². The molecular weight excluding hydrogens is 404 g/mol. The third-order valence-corrected chi connectivity index (χ3v) is 6.72. The molecule has 0 aliphatic carbocycles. The van der Waals surface area contributed by atoms with Crippen LogP contribution in [0.4, 0.5) is 0 Å². The highest BCUT2D eigenvalue weighted by Crippen LogP contribution is 2.42. The van der Waals surface area contributed by atoms with E-state index in [0.29, 0.717) is 0 Å². The second-order valence-corrected chi connectivity index (χ2v) is 8.53. The summed E-state index contributed by atoms with van der Waals surface area (Å²) in [6, 6.07) is 35.8. The van der Waals surface area contributed by atoms with Gasteiger partial charge >= 0.3 is 0 Å². The lowest BCUT2D eigenvalue weighted by Gasteiger charge is -2.14. The third-order valence-electron chi connectivity index (χ3n) is 6.72. The van der Waals surface area contributed by atoms with E-state index in [9.17, 15) is 0 Å². The van der Waals surface area contributed by atoms with Crippen molar-refractivity contribution in [1.29, 1.82) is 0 Å². The molecule has 0 fully saturated rings. The van der Waals surface area contributed by atoms with Gasteiger partial charge in [0, 0.05) is 21.5 Å². The number of fused-ring (bicyclic) bond motifs is 6. The van der Waals surface area contributed by atoms with E-state index in [-0.39, 0.29) is 0 Å². The molecule has 7 aromatic rings. The summed E-state index contributed by atoms with van der Waals surface area (Å²) in [7, 11) is 0. The molecular formula is C31H20O2. The van der Waals surface area contributed by atoms with Gasteiger partial charge in [-0.1, -0.05) is 78.9 Å². The topological polar surface area (TPSA) is 26.3 Å². The highest BCUT2D eigenvalue weighted by atomic mass is 16.3. The van der Waals surface area contributed by atoms with Gasteiger partial charge in [0.25, 0.3) is 0 Å². The largest absolute Gasteiger partial charge is 0.456 e. The summed E-state index contributed by atoms with van der Waals surface area (Å²) in [5, 5.41) is 4.63. The van der Waals surface area contributed by atoms with Gasteiger partial charge in [0.1, 0.15) is 22.3 Å². The summed E-state index contributed by atoms with van der Waals surface area (Å²) >= 11 is 0. The number of hydrogen-bond acceptors (Lipinski definition) is 2. The standard InChI is InChI=1S/C31H20O2/c1-19-20(22-13-7-17-28-30(22)24-9-2-4-15-26(24)32-28)11-6-12-21(19)23-14-8-18-29-31(23)25-10-3-5-16-27(25)33-29/h2-18H,1H3. The minimum absolute atomic E-state index is 0.918. The number of rotatable bonds is 2. The first-order valence-electron chi connectivity index (χ1n) is 11.2. The minimum Gasteiger partial charge on any atom is -0.456 e. The van der Waals surface area contributed by atoms with Crippen molar-refractivity contribution in [2.24, 2.45) is 0 Å². The highest BCUT2D eigenvalue weighted by Gasteiger charge is 2.17. The molecule has 156 valence electrons. The Morgan fingerprint density at radius 3 is 1.30 bits per heavy atom. The Kier molecular flexibility index (Phi) is 3.80. The average molecular weight is 424 g/mol. The van der Waals surface area contributed by atoms with Crippen molar-refractivity contribution >= 4 is 43.9 Å². The monoisotopic (exact) mass is 424 g/mol. The fourth-order valence-electron chi connectivity index (χ4n) is 5.22. The van der Waals surface area contributed by atoms with Crippen LogP contribution in [0.15, 0.2) is 112 Å². The van der Waals surface area contributed by atoms with Crippen molar-refractivity contribution in [2.75, 3.05) is 0 Å². The van der Waals surface area contributed by atoms with Crippen LogP contribution in [0.2, 0.25) is 0 Å².